The first kappa shape index (κ1) is 8.44. The molecule has 66 valence electrons. The number of halogens is 1. The largest absolute Gasteiger partial charge is 0.425 e. The molecular weight excluding hydrogens is 236 g/mol. The number of ketones is 1. The van der Waals surface area contributed by atoms with Crippen molar-refractivity contribution in [2.75, 3.05) is 0 Å². The third-order valence-corrected chi connectivity index (χ3v) is 2.26. The Hall–Kier alpha value is -1.16. The molecule has 0 unspecified atom stereocenters. The molecule has 0 radical (unpaired) electrons. The summed E-state index contributed by atoms with van der Waals surface area (Å²) in [6.07, 6.45) is -0.163. The second-order valence-electron chi connectivity index (χ2n) is 2.71. The number of fused-ring (bicyclic) bond motifs is 1. The molecule has 0 N–H and O–H groups in total. The second-order valence-corrected chi connectivity index (χ2v) is 3.63. The van der Waals surface area contributed by atoms with Crippen LogP contribution in [0, 0.1) is 0 Å². The summed E-state index contributed by atoms with van der Waals surface area (Å²) in [4.78, 5) is 22.2. The van der Waals surface area contributed by atoms with Gasteiger partial charge < -0.3 is 4.74 Å². The number of Topliss-reactive ketones (excluding diaryl/α,β-unsaturated/α-hetero) is 1. The second kappa shape index (κ2) is 2.96. The summed E-state index contributed by atoms with van der Waals surface area (Å²) in [5.74, 6) is -0.322. The van der Waals surface area contributed by atoms with E-state index in [1.165, 1.54) is 0 Å². The van der Waals surface area contributed by atoms with Gasteiger partial charge in [0.05, 0.1) is 5.56 Å². The van der Waals surface area contributed by atoms with E-state index in [0.29, 0.717) is 11.3 Å². The minimum absolute atomic E-state index is 0.163. The zero-order valence-electron chi connectivity index (χ0n) is 6.54. The fourth-order valence-electron chi connectivity index (χ4n) is 1.19. The quantitative estimate of drug-likeness (QED) is 0.396. The summed E-state index contributed by atoms with van der Waals surface area (Å²) < 4.78 is 5.68. The number of carbonyl (C=O) groups excluding carboxylic acids is 2. The Bertz CT molecular complexity index is 398. The van der Waals surface area contributed by atoms with Crippen molar-refractivity contribution < 1.29 is 14.3 Å². The van der Waals surface area contributed by atoms with Crippen molar-refractivity contribution in [1.82, 2.24) is 0 Å². The van der Waals surface area contributed by atoms with Crippen molar-refractivity contribution in [2.45, 2.75) is 6.42 Å². The van der Waals surface area contributed by atoms with Gasteiger partial charge >= 0.3 is 5.97 Å². The van der Waals surface area contributed by atoms with Crippen LogP contribution >= 0.6 is 15.9 Å². The molecule has 0 fully saturated rings. The average molecular weight is 241 g/mol. The Morgan fingerprint density at radius 1 is 1.31 bits per heavy atom. The molecule has 13 heavy (non-hydrogen) atoms. The number of benzene rings is 1. The molecule has 0 aromatic heterocycles. The molecule has 0 aliphatic carbocycles. The fourth-order valence-corrected chi connectivity index (χ4v) is 1.56. The number of rotatable bonds is 0. The van der Waals surface area contributed by atoms with E-state index < -0.39 is 5.97 Å². The molecule has 0 bridgehead atoms. The van der Waals surface area contributed by atoms with Gasteiger partial charge in [0.1, 0.15) is 12.2 Å². The highest BCUT2D eigenvalue weighted by molar-refractivity contribution is 9.10. The maximum Gasteiger partial charge on any atom is 0.319 e. The first-order chi connectivity index (χ1) is 6.16. The van der Waals surface area contributed by atoms with Crippen LogP contribution in [-0.2, 0) is 4.79 Å². The van der Waals surface area contributed by atoms with E-state index in [1.807, 2.05) is 0 Å². The zero-order chi connectivity index (χ0) is 9.42. The third-order valence-electron chi connectivity index (χ3n) is 1.77. The fraction of sp³-hybridized carbons (Fsp3) is 0.111. The lowest BCUT2D eigenvalue weighted by atomic mass is 10.1. The Morgan fingerprint density at radius 2 is 2.08 bits per heavy atom. The van der Waals surface area contributed by atoms with Gasteiger partial charge in [0, 0.05) is 4.47 Å². The Morgan fingerprint density at radius 3 is 2.85 bits per heavy atom. The first-order valence-electron chi connectivity index (χ1n) is 3.70. The standard InChI is InChI=1S/C9H5BrO3/c10-5-1-2-8-6(3-5)7(11)4-9(12)13-8/h1-3H,4H2. The molecule has 0 saturated carbocycles. The van der Waals surface area contributed by atoms with Crippen molar-refractivity contribution >= 4 is 27.7 Å². The molecule has 3 nitrogen and oxygen atoms in total. The number of esters is 1. The third kappa shape index (κ3) is 1.49. The van der Waals surface area contributed by atoms with Crippen LogP contribution in [0.5, 0.6) is 5.75 Å². The van der Waals surface area contributed by atoms with Crippen LogP contribution in [-0.4, -0.2) is 11.8 Å². The lowest BCUT2D eigenvalue weighted by Gasteiger charge is -2.13. The zero-order valence-corrected chi connectivity index (χ0v) is 8.13. The van der Waals surface area contributed by atoms with E-state index in [4.69, 9.17) is 4.74 Å². The lowest BCUT2D eigenvalue weighted by Crippen LogP contribution is -2.21. The van der Waals surface area contributed by atoms with Gasteiger partial charge in [0.2, 0.25) is 0 Å². The van der Waals surface area contributed by atoms with Crippen LogP contribution < -0.4 is 4.74 Å². The molecule has 1 aliphatic rings. The van der Waals surface area contributed by atoms with Crippen LogP contribution in [0.4, 0.5) is 0 Å². The van der Waals surface area contributed by atoms with Crippen LogP contribution in [0.1, 0.15) is 16.8 Å². The summed E-state index contributed by atoms with van der Waals surface area (Å²) in [5.41, 5.74) is 0.467. The molecule has 1 aliphatic heterocycles. The van der Waals surface area contributed by atoms with Crippen molar-refractivity contribution in [3.8, 4) is 5.75 Å². The van der Waals surface area contributed by atoms with Crippen LogP contribution in [0.15, 0.2) is 22.7 Å². The van der Waals surface area contributed by atoms with Gasteiger partial charge in [-0.3, -0.25) is 9.59 Å². The monoisotopic (exact) mass is 240 g/mol. The van der Waals surface area contributed by atoms with Crippen LogP contribution in [0.2, 0.25) is 0 Å². The predicted molar refractivity (Wildman–Crippen MR) is 48.7 cm³/mol. The number of carbonyl (C=O) groups is 2. The molecule has 4 heteroatoms. The highest BCUT2D eigenvalue weighted by Crippen LogP contribution is 2.27. The van der Waals surface area contributed by atoms with E-state index in [0.717, 1.165) is 4.47 Å². The molecule has 1 aromatic carbocycles. The molecular formula is C9H5BrO3. The minimum atomic E-state index is -0.486. The van der Waals surface area contributed by atoms with Crippen molar-refractivity contribution in [3.05, 3.63) is 28.2 Å². The first-order valence-corrected chi connectivity index (χ1v) is 4.49. The summed E-state index contributed by atoms with van der Waals surface area (Å²) >= 11 is 3.24. The van der Waals surface area contributed by atoms with Crippen molar-refractivity contribution in [1.29, 1.82) is 0 Å². The maximum atomic E-state index is 11.3. The normalized spacial score (nSPS) is 15.2. The molecule has 2 rings (SSSR count). The maximum absolute atomic E-state index is 11.3. The summed E-state index contributed by atoms with van der Waals surface area (Å²) in [6, 6.07) is 4.99. The van der Waals surface area contributed by atoms with Crippen LogP contribution in [0.25, 0.3) is 0 Å². The van der Waals surface area contributed by atoms with Gasteiger partial charge in [-0.1, -0.05) is 15.9 Å². The van der Waals surface area contributed by atoms with Gasteiger partial charge in [-0.15, -0.1) is 0 Å². The summed E-state index contributed by atoms with van der Waals surface area (Å²) in [5, 5.41) is 0. The van der Waals surface area contributed by atoms with E-state index in [-0.39, 0.29) is 12.2 Å². The van der Waals surface area contributed by atoms with Gasteiger partial charge in [0.25, 0.3) is 0 Å². The molecule has 0 saturated heterocycles. The smallest absolute Gasteiger partial charge is 0.319 e. The van der Waals surface area contributed by atoms with Gasteiger partial charge in [-0.05, 0) is 18.2 Å². The highest BCUT2D eigenvalue weighted by Gasteiger charge is 2.24. The number of hydrogen-bond donors (Lipinski definition) is 0. The lowest BCUT2D eigenvalue weighted by molar-refractivity contribution is -0.133. The minimum Gasteiger partial charge on any atom is -0.425 e. The summed E-state index contributed by atoms with van der Waals surface area (Å²) in [6.45, 7) is 0. The van der Waals surface area contributed by atoms with E-state index >= 15 is 0 Å². The van der Waals surface area contributed by atoms with E-state index in [9.17, 15) is 9.59 Å². The van der Waals surface area contributed by atoms with Crippen molar-refractivity contribution in [2.24, 2.45) is 0 Å². The van der Waals surface area contributed by atoms with Gasteiger partial charge in [0.15, 0.2) is 5.78 Å². The van der Waals surface area contributed by atoms with Crippen molar-refractivity contribution in [3.63, 3.8) is 0 Å². The molecule has 0 atom stereocenters. The highest BCUT2D eigenvalue weighted by atomic mass is 79.9. The molecule has 1 aromatic rings. The number of hydrogen-bond acceptors (Lipinski definition) is 3. The molecule has 0 amide bonds. The van der Waals surface area contributed by atoms with Crippen LogP contribution in [0.3, 0.4) is 0 Å². The van der Waals surface area contributed by atoms with E-state index in [1.54, 1.807) is 18.2 Å². The van der Waals surface area contributed by atoms with Gasteiger partial charge in [-0.25, -0.2) is 0 Å². The SMILES string of the molecule is O=C1CC(=O)c2cc(Br)ccc2O1. The Labute approximate surface area is 82.8 Å². The Kier molecular flexibility index (Phi) is 1.92. The molecule has 0 spiro atoms. The van der Waals surface area contributed by atoms with Gasteiger partial charge in [-0.2, -0.15) is 0 Å². The predicted octanol–water partition coefficient (Wildman–Crippen LogP) is 1.94. The molecule has 1 heterocycles. The summed E-state index contributed by atoms with van der Waals surface area (Å²) in [7, 11) is 0. The Balaban J connectivity index is 2.55. The average Bonchev–Trinajstić information content (AvgIpc) is 2.06. The van der Waals surface area contributed by atoms with E-state index in [2.05, 4.69) is 15.9 Å². The topological polar surface area (TPSA) is 43.4 Å². The number of ether oxygens (including phenoxy) is 1.